The second-order valence-corrected chi connectivity index (χ2v) is 11.4. The summed E-state index contributed by atoms with van der Waals surface area (Å²) in [6.07, 6.45) is -1.24. The molecule has 0 aromatic heterocycles. The zero-order chi connectivity index (χ0) is 31.2. The van der Waals surface area contributed by atoms with Gasteiger partial charge in [-0.3, -0.25) is 14.5 Å². The summed E-state index contributed by atoms with van der Waals surface area (Å²) < 4.78 is 23.6. The van der Waals surface area contributed by atoms with Crippen LogP contribution in [0.15, 0.2) is 78.9 Å². The summed E-state index contributed by atoms with van der Waals surface area (Å²) in [5.41, 5.74) is 3.79. The minimum Gasteiger partial charge on any atom is -0.445 e. The summed E-state index contributed by atoms with van der Waals surface area (Å²) in [4.78, 5) is 41.8. The number of morpholine rings is 1. The van der Waals surface area contributed by atoms with E-state index in [0.29, 0.717) is 25.3 Å². The lowest BCUT2D eigenvalue weighted by Crippen LogP contribution is -2.44. The Balaban J connectivity index is 1.12. The Morgan fingerprint density at radius 1 is 0.889 bits per heavy atom. The van der Waals surface area contributed by atoms with Crippen molar-refractivity contribution in [2.45, 2.75) is 50.6 Å². The molecule has 3 aromatic rings. The Morgan fingerprint density at radius 3 is 2.31 bits per heavy atom. The SMILES string of the molecule is O=C(NC1CC(=O)N(c2ccc([C@@H]3O[C@H](CN4CCOCC4)C[C@H](c4ccc(CO)cc4)O3)cc2)C1=O)OCc1ccccc1. The van der Waals surface area contributed by atoms with Gasteiger partial charge in [-0.25, -0.2) is 9.69 Å². The summed E-state index contributed by atoms with van der Waals surface area (Å²) in [7, 11) is 0. The Bertz CT molecular complexity index is 1460. The minimum absolute atomic E-state index is 0.0271. The highest BCUT2D eigenvalue weighted by Crippen LogP contribution is 2.39. The molecule has 3 amide bonds. The number of alkyl carbamates (subject to hydrolysis) is 1. The predicted octanol–water partition coefficient (Wildman–Crippen LogP) is 3.61. The van der Waals surface area contributed by atoms with E-state index in [9.17, 15) is 19.5 Å². The maximum absolute atomic E-state index is 13.1. The molecular weight excluding hydrogens is 578 g/mol. The number of benzene rings is 3. The number of hydrogen-bond acceptors (Lipinski definition) is 9. The van der Waals surface area contributed by atoms with Crippen molar-refractivity contribution < 1.29 is 38.4 Å². The number of carbonyl (C=O) groups is 3. The van der Waals surface area contributed by atoms with Crippen molar-refractivity contribution in [1.82, 2.24) is 10.2 Å². The standard InChI is InChI=1S/C34H37N3O8/c38-21-23-6-8-25(9-7-23)30-18-28(20-36-14-16-42-17-15-36)44-33(45-30)26-10-12-27(13-11-26)37-31(39)19-29(32(37)40)35-34(41)43-22-24-4-2-1-3-5-24/h1-13,28-30,33,38H,14-22H2,(H,35,41)/t28-,29?,30+,33+/m0/s1. The van der Waals surface area contributed by atoms with Crippen LogP contribution >= 0.6 is 0 Å². The van der Waals surface area contributed by atoms with E-state index in [-0.39, 0.29) is 31.8 Å². The number of aliphatic hydroxyl groups excluding tert-OH is 1. The molecule has 11 heteroatoms. The number of rotatable bonds is 9. The average molecular weight is 616 g/mol. The summed E-state index contributed by atoms with van der Waals surface area (Å²) in [6.45, 7) is 3.84. The first-order chi connectivity index (χ1) is 22.0. The van der Waals surface area contributed by atoms with Crippen LogP contribution in [0.2, 0.25) is 0 Å². The number of ether oxygens (including phenoxy) is 4. The molecule has 1 unspecified atom stereocenters. The smallest absolute Gasteiger partial charge is 0.408 e. The largest absolute Gasteiger partial charge is 0.445 e. The summed E-state index contributed by atoms with van der Waals surface area (Å²) in [5.74, 6) is -0.935. The van der Waals surface area contributed by atoms with Crippen molar-refractivity contribution in [3.63, 3.8) is 0 Å². The van der Waals surface area contributed by atoms with Crippen LogP contribution in [0.1, 0.15) is 47.5 Å². The van der Waals surface area contributed by atoms with E-state index in [1.807, 2.05) is 54.6 Å². The summed E-state index contributed by atoms with van der Waals surface area (Å²) in [6, 6.07) is 22.9. The van der Waals surface area contributed by atoms with Gasteiger partial charge in [-0.2, -0.15) is 0 Å². The van der Waals surface area contributed by atoms with Crippen LogP contribution in [0.3, 0.4) is 0 Å². The van der Waals surface area contributed by atoms with Crippen molar-refractivity contribution >= 4 is 23.6 Å². The molecule has 4 atom stereocenters. The third-order valence-corrected chi connectivity index (χ3v) is 8.26. The third-order valence-electron chi connectivity index (χ3n) is 8.26. The van der Waals surface area contributed by atoms with E-state index in [1.165, 1.54) is 0 Å². The normalized spacial score (nSPS) is 24.1. The van der Waals surface area contributed by atoms with Crippen molar-refractivity contribution in [1.29, 1.82) is 0 Å². The van der Waals surface area contributed by atoms with Gasteiger partial charge in [0.2, 0.25) is 5.91 Å². The molecule has 0 bridgehead atoms. The van der Waals surface area contributed by atoms with Crippen LogP contribution in [-0.4, -0.2) is 72.9 Å². The number of aliphatic hydroxyl groups is 1. The van der Waals surface area contributed by atoms with E-state index < -0.39 is 30.2 Å². The zero-order valence-electron chi connectivity index (χ0n) is 24.9. The molecule has 3 heterocycles. The molecule has 3 saturated heterocycles. The van der Waals surface area contributed by atoms with Crippen molar-refractivity contribution in [2.75, 3.05) is 37.7 Å². The number of nitrogens with zero attached hydrogens (tertiary/aromatic N) is 2. The molecule has 3 aromatic carbocycles. The average Bonchev–Trinajstić information content (AvgIpc) is 3.36. The van der Waals surface area contributed by atoms with Gasteiger partial charge in [0.15, 0.2) is 6.29 Å². The lowest BCUT2D eigenvalue weighted by Gasteiger charge is -2.39. The molecule has 3 aliphatic heterocycles. The van der Waals surface area contributed by atoms with Gasteiger partial charge < -0.3 is 29.4 Å². The highest BCUT2D eigenvalue weighted by molar-refractivity contribution is 6.22. The summed E-state index contributed by atoms with van der Waals surface area (Å²) in [5, 5.41) is 12.0. The fourth-order valence-electron chi connectivity index (χ4n) is 5.81. The van der Waals surface area contributed by atoms with E-state index in [4.69, 9.17) is 18.9 Å². The minimum atomic E-state index is -1.01. The van der Waals surface area contributed by atoms with Crippen molar-refractivity contribution in [3.05, 3.63) is 101 Å². The van der Waals surface area contributed by atoms with Gasteiger partial charge in [-0.15, -0.1) is 0 Å². The molecule has 6 rings (SSSR count). The molecule has 3 aliphatic rings. The van der Waals surface area contributed by atoms with E-state index in [1.54, 1.807) is 24.3 Å². The number of imide groups is 1. The van der Waals surface area contributed by atoms with Gasteiger partial charge in [-0.1, -0.05) is 66.7 Å². The maximum Gasteiger partial charge on any atom is 0.408 e. The zero-order valence-corrected chi connectivity index (χ0v) is 24.9. The highest BCUT2D eigenvalue weighted by Gasteiger charge is 2.41. The van der Waals surface area contributed by atoms with Gasteiger partial charge in [0.1, 0.15) is 12.6 Å². The van der Waals surface area contributed by atoms with Crippen LogP contribution in [-0.2, 0) is 41.8 Å². The Kier molecular flexibility index (Phi) is 9.82. The number of amides is 3. The number of nitrogens with one attached hydrogen (secondary N) is 1. The molecule has 45 heavy (non-hydrogen) atoms. The predicted molar refractivity (Wildman–Crippen MR) is 163 cm³/mol. The second kappa shape index (κ2) is 14.3. The van der Waals surface area contributed by atoms with Crippen LogP contribution in [0.5, 0.6) is 0 Å². The molecule has 0 saturated carbocycles. The molecule has 2 N–H and O–H groups in total. The first-order valence-electron chi connectivity index (χ1n) is 15.2. The lowest BCUT2D eigenvalue weighted by molar-refractivity contribution is -0.253. The molecule has 0 radical (unpaired) electrons. The van der Waals surface area contributed by atoms with E-state index in [2.05, 4.69) is 10.2 Å². The van der Waals surface area contributed by atoms with Gasteiger partial charge in [0.05, 0.1) is 44.1 Å². The van der Waals surface area contributed by atoms with Gasteiger partial charge in [0, 0.05) is 31.6 Å². The highest BCUT2D eigenvalue weighted by atomic mass is 16.7. The van der Waals surface area contributed by atoms with E-state index in [0.717, 1.165) is 46.8 Å². The molecule has 11 nitrogen and oxygen atoms in total. The molecule has 0 aliphatic carbocycles. The van der Waals surface area contributed by atoms with E-state index >= 15 is 0 Å². The third kappa shape index (κ3) is 7.58. The van der Waals surface area contributed by atoms with Gasteiger partial charge in [-0.05, 0) is 28.8 Å². The second-order valence-electron chi connectivity index (χ2n) is 11.4. The van der Waals surface area contributed by atoms with Crippen molar-refractivity contribution in [2.24, 2.45) is 0 Å². The van der Waals surface area contributed by atoms with Crippen LogP contribution < -0.4 is 10.2 Å². The first kappa shape index (κ1) is 30.9. The van der Waals surface area contributed by atoms with Crippen LogP contribution in [0.25, 0.3) is 0 Å². The topological polar surface area (TPSA) is 127 Å². The number of anilines is 1. The first-order valence-corrected chi connectivity index (χ1v) is 15.2. The summed E-state index contributed by atoms with van der Waals surface area (Å²) >= 11 is 0. The monoisotopic (exact) mass is 615 g/mol. The quantitative estimate of drug-likeness (QED) is 0.347. The van der Waals surface area contributed by atoms with Gasteiger partial charge in [0.25, 0.3) is 5.91 Å². The molecule has 236 valence electrons. The molecule has 0 spiro atoms. The van der Waals surface area contributed by atoms with Crippen LogP contribution in [0.4, 0.5) is 10.5 Å². The fourth-order valence-corrected chi connectivity index (χ4v) is 5.81. The number of carbonyl (C=O) groups excluding carboxylic acids is 3. The molecule has 3 fully saturated rings. The maximum atomic E-state index is 13.1. The molecular formula is C34H37N3O8. The van der Waals surface area contributed by atoms with Crippen LogP contribution in [0, 0.1) is 0 Å². The van der Waals surface area contributed by atoms with Crippen molar-refractivity contribution in [3.8, 4) is 0 Å². The Morgan fingerprint density at radius 2 is 1.60 bits per heavy atom. The fraction of sp³-hybridized carbons (Fsp3) is 0.382. The Hall–Kier alpha value is -4.13. The lowest BCUT2D eigenvalue weighted by atomic mass is 9.99. The van der Waals surface area contributed by atoms with Gasteiger partial charge >= 0.3 is 6.09 Å². The Labute approximate surface area is 261 Å². The number of hydrogen-bond donors (Lipinski definition) is 2.